The number of benzene rings is 1. The van der Waals surface area contributed by atoms with E-state index in [-0.39, 0.29) is 0 Å². The highest BCUT2D eigenvalue weighted by Crippen LogP contribution is 2.29. The lowest BCUT2D eigenvalue weighted by atomic mass is 10.1. The molecule has 1 atom stereocenters. The molecule has 2 rings (SSSR count). The van der Waals surface area contributed by atoms with Crippen LogP contribution in [0, 0.1) is 0 Å². The monoisotopic (exact) mass is 193 g/mol. The third kappa shape index (κ3) is 1.33. The summed E-state index contributed by atoms with van der Waals surface area (Å²) in [6.07, 6.45) is 0.823. The molecular formula is C10H11NO3. The molecule has 0 bridgehead atoms. The van der Waals surface area contributed by atoms with Gasteiger partial charge in [-0.1, -0.05) is 0 Å². The Morgan fingerprint density at radius 2 is 2.29 bits per heavy atom. The first-order valence-corrected chi connectivity index (χ1v) is 4.31. The largest absolute Gasteiger partial charge is 0.493 e. The van der Waals surface area contributed by atoms with Gasteiger partial charge in [-0.2, -0.15) is 0 Å². The molecule has 0 aliphatic heterocycles. The van der Waals surface area contributed by atoms with Crippen LogP contribution in [0.3, 0.4) is 0 Å². The van der Waals surface area contributed by atoms with Crippen LogP contribution in [0.5, 0.6) is 5.75 Å². The topological polar surface area (TPSA) is 55.5 Å². The van der Waals surface area contributed by atoms with E-state index >= 15 is 0 Å². The highest BCUT2D eigenvalue weighted by molar-refractivity contribution is 5.80. The van der Waals surface area contributed by atoms with Gasteiger partial charge in [0, 0.05) is 0 Å². The number of aliphatic hydroxyl groups is 1. The molecular weight excluding hydrogens is 182 g/mol. The lowest BCUT2D eigenvalue weighted by molar-refractivity contribution is 0.199. The standard InChI is InChI=1S/C10H11NO3/c1-6(12)7-3-8-10(14-5-11-8)9(4-7)13-2/h3-6,12H,1-2H3. The first-order chi connectivity index (χ1) is 6.72. The van der Waals surface area contributed by atoms with Gasteiger partial charge in [-0.25, -0.2) is 4.98 Å². The van der Waals surface area contributed by atoms with Gasteiger partial charge in [-0.15, -0.1) is 0 Å². The van der Waals surface area contributed by atoms with Crippen LogP contribution in [0.25, 0.3) is 11.1 Å². The summed E-state index contributed by atoms with van der Waals surface area (Å²) in [5.41, 5.74) is 2.07. The maximum atomic E-state index is 9.43. The molecule has 1 unspecified atom stereocenters. The number of hydrogen-bond donors (Lipinski definition) is 1. The lowest BCUT2D eigenvalue weighted by Crippen LogP contribution is -1.93. The highest BCUT2D eigenvalue weighted by atomic mass is 16.5. The van der Waals surface area contributed by atoms with Crippen molar-refractivity contribution in [2.75, 3.05) is 7.11 Å². The number of aliphatic hydroxyl groups excluding tert-OH is 1. The number of aromatic nitrogens is 1. The second-order valence-electron chi connectivity index (χ2n) is 3.10. The van der Waals surface area contributed by atoms with Gasteiger partial charge in [-0.05, 0) is 24.6 Å². The van der Waals surface area contributed by atoms with Gasteiger partial charge in [0.2, 0.25) is 0 Å². The molecule has 0 spiro atoms. The summed E-state index contributed by atoms with van der Waals surface area (Å²) in [5.74, 6) is 0.593. The van der Waals surface area contributed by atoms with Crippen LogP contribution in [0.2, 0.25) is 0 Å². The van der Waals surface area contributed by atoms with Crippen molar-refractivity contribution >= 4 is 11.1 Å². The zero-order valence-electron chi connectivity index (χ0n) is 8.02. The summed E-state index contributed by atoms with van der Waals surface area (Å²) >= 11 is 0. The zero-order valence-corrected chi connectivity index (χ0v) is 8.02. The Morgan fingerprint density at radius 1 is 1.50 bits per heavy atom. The Hall–Kier alpha value is -1.55. The van der Waals surface area contributed by atoms with E-state index in [0.29, 0.717) is 16.8 Å². The average Bonchev–Trinajstić information content (AvgIpc) is 2.63. The van der Waals surface area contributed by atoms with E-state index in [0.717, 1.165) is 5.56 Å². The van der Waals surface area contributed by atoms with E-state index in [9.17, 15) is 5.11 Å². The Labute approximate surface area is 81.1 Å². The van der Waals surface area contributed by atoms with Crippen molar-refractivity contribution in [1.82, 2.24) is 4.98 Å². The Bertz CT molecular complexity index is 448. The predicted octanol–water partition coefficient (Wildman–Crippen LogP) is 1.89. The average molecular weight is 193 g/mol. The molecule has 4 nitrogen and oxygen atoms in total. The summed E-state index contributed by atoms with van der Waals surface area (Å²) in [6, 6.07) is 3.53. The number of ether oxygens (including phenoxy) is 1. The molecule has 0 amide bonds. The van der Waals surface area contributed by atoms with E-state index in [1.54, 1.807) is 26.2 Å². The summed E-state index contributed by atoms with van der Waals surface area (Å²) in [6.45, 7) is 1.70. The van der Waals surface area contributed by atoms with Gasteiger partial charge in [-0.3, -0.25) is 0 Å². The van der Waals surface area contributed by atoms with Crippen LogP contribution < -0.4 is 4.74 Å². The number of rotatable bonds is 2. The van der Waals surface area contributed by atoms with Gasteiger partial charge in [0.1, 0.15) is 5.52 Å². The minimum Gasteiger partial charge on any atom is -0.493 e. The smallest absolute Gasteiger partial charge is 0.196 e. The van der Waals surface area contributed by atoms with Gasteiger partial charge < -0.3 is 14.3 Å². The fourth-order valence-electron chi connectivity index (χ4n) is 1.35. The quantitative estimate of drug-likeness (QED) is 0.791. The molecule has 1 aromatic heterocycles. The first kappa shape index (κ1) is 9.02. The molecule has 1 aromatic carbocycles. The van der Waals surface area contributed by atoms with E-state index in [1.807, 2.05) is 0 Å². The normalized spacial score (nSPS) is 13.1. The number of hydrogen-bond acceptors (Lipinski definition) is 4. The third-order valence-corrected chi connectivity index (χ3v) is 2.12. The molecule has 0 radical (unpaired) electrons. The van der Waals surface area contributed by atoms with Crippen molar-refractivity contribution in [2.45, 2.75) is 13.0 Å². The summed E-state index contributed by atoms with van der Waals surface area (Å²) in [5, 5.41) is 9.43. The summed E-state index contributed by atoms with van der Waals surface area (Å²) < 4.78 is 10.3. The fraction of sp³-hybridized carbons (Fsp3) is 0.300. The number of fused-ring (bicyclic) bond motifs is 1. The van der Waals surface area contributed by atoms with E-state index < -0.39 is 6.10 Å². The minimum absolute atomic E-state index is 0.537. The molecule has 1 heterocycles. The van der Waals surface area contributed by atoms with E-state index in [4.69, 9.17) is 9.15 Å². The van der Waals surface area contributed by atoms with E-state index in [1.165, 1.54) is 6.39 Å². The molecule has 2 aromatic rings. The Balaban J connectivity index is 2.67. The second-order valence-corrected chi connectivity index (χ2v) is 3.10. The molecule has 4 heteroatoms. The van der Waals surface area contributed by atoms with Crippen molar-refractivity contribution in [3.8, 4) is 5.75 Å². The lowest BCUT2D eigenvalue weighted by Gasteiger charge is -2.06. The predicted molar refractivity (Wildman–Crippen MR) is 51.2 cm³/mol. The van der Waals surface area contributed by atoms with Gasteiger partial charge in [0.05, 0.1) is 13.2 Å². The molecule has 0 saturated carbocycles. The molecule has 1 N–H and O–H groups in total. The Kier molecular flexibility index (Phi) is 2.13. The summed E-state index contributed by atoms with van der Waals surface area (Å²) in [7, 11) is 1.56. The second kappa shape index (κ2) is 3.31. The number of oxazole rings is 1. The molecule has 0 aliphatic rings. The highest BCUT2D eigenvalue weighted by Gasteiger charge is 2.10. The van der Waals surface area contributed by atoms with Crippen molar-refractivity contribution < 1.29 is 14.3 Å². The number of nitrogens with zero attached hydrogens (tertiary/aromatic N) is 1. The molecule has 0 saturated heterocycles. The van der Waals surface area contributed by atoms with Crippen LogP contribution in [0.15, 0.2) is 22.9 Å². The number of methoxy groups -OCH3 is 1. The van der Waals surface area contributed by atoms with Crippen molar-refractivity contribution in [3.63, 3.8) is 0 Å². The fourth-order valence-corrected chi connectivity index (χ4v) is 1.35. The maximum Gasteiger partial charge on any atom is 0.196 e. The van der Waals surface area contributed by atoms with Gasteiger partial charge in [0.25, 0.3) is 0 Å². The molecule has 74 valence electrons. The van der Waals surface area contributed by atoms with Gasteiger partial charge in [0.15, 0.2) is 17.7 Å². The van der Waals surface area contributed by atoms with Crippen LogP contribution in [0.1, 0.15) is 18.6 Å². The maximum absolute atomic E-state index is 9.43. The van der Waals surface area contributed by atoms with Crippen molar-refractivity contribution in [3.05, 3.63) is 24.1 Å². The van der Waals surface area contributed by atoms with Crippen LogP contribution in [-0.4, -0.2) is 17.2 Å². The van der Waals surface area contributed by atoms with Crippen LogP contribution >= 0.6 is 0 Å². The summed E-state index contributed by atoms with van der Waals surface area (Å²) in [4.78, 5) is 4.01. The Morgan fingerprint density at radius 3 is 2.93 bits per heavy atom. The molecule has 14 heavy (non-hydrogen) atoms. The van der Waals surface area contributed by atoms with Crippen LogP contribution in [-0.2, 0) is 0 Å². The van der Waals surface area contributed by atoms with E-state index in [2.05, 4.69) is 4.98 Å². The third-order valence-electron chi connectivity index (χ3n) is 2.12. The SMILES string of the molecule is COc1cc(C(C)O)cc2ncoc12. The van der Waals surface area contributed by atoms with Crippen molar-refractivity contribution in [1.29, 1.82) is 0 Å². The van der Waals surface area contributed by atoms with Gasteiger partial charge >= 0.3 is 0 Å². The molecule has 0 aliphatic carbocycles. The van der Waals surface area contributed by atoms with Crippen LogP contribution in [0.4, 0.5) is 0 Å². The first-order valence-electron chi connectivity index (χ1n) is 4.31. The minimum atomic E-state index is -0.537. The van der Waals surface area contributed by atoms with Crippen molar-refractivity contribution in [2.24, 2.45) is 0 Å². The molecule has 0 fully saturated rings. The zero-order chi connectivity index (χ0) is 10.1.